The summed E-state index contributed by atoms with van der Waals surface area (Å²) in [5, 5.41) is 6.13. The lowest BCUT2D eigenvalue weighted by Gasteiger charge is -2.38. The van der Waals surface area contributed by atoms with E-state index in [1.165, 1.54) is 5.56 Å². The van der Waals surface area contributed by atoms with E-state index in [-0.39, 0.29) is 11.4 Å². The zero-order valence-electron chi connectivity index (χ0n) is 11.2. The van der Waals surface area contributed by atoms with Crippen LogP contribution in [0.15, 0.2) is 30.3 Å². The summed E-state index contributed by atoms with van der Waals surface area (Å²) in [6.45, 7) is 4.36. The van der Waals surface area contributed by atoms with E-state index in [0.717, 1.165) is 24.1 Å². The molecule has 0 spiro atoms. The lowest BCUT2D eigenvalue weighted by molar-refractivity contribution is -0.116. The van der Waals surface area contributed by atoms with Gasteiger partial charge in [0.15, 0.2) is 0 Å². The maximum absolute atomic E-state index is 11.6. The summed E-state index contributed by atoms with van der Waals surface area (Å²) in [5.74, 6) is -0.0762. The van der Waals surface area contributed by atoms with Gasteiger partial charge >= 0.3 is 0 Å². The van der Waals surface area contributed by atoms with Crippen LogP contribution >= 0.6 is 0 Å². The molecule has 1 aromatic rings. The number of rotatable bonds is 2. The normalized spacial score (nSPS) is 24.3. The molecule has 1 heterocycles. The lowest BCUT2D eigenvalue weighted by Crippen LogP contribution is -2.46. The fourth-order valence-corrected chi connectivity index (χ4v) is 2.32. The number of nitrogens with one attached hydrogen (secondary N) is 2. The molecule has 1 unspecified atom stereocenters. The zero-order valence-corrected chi connectivity index (χ0v) is 11.2. The first kappa shape index (κ1) is 12.7. The molecule has 1 amide bonds. The Balaban J connectivity index is 2.46. The average Bonchev–Trinajstić information content (AvgIpc) is 2.38. The number of carbonyl (C=O) groups excluding carboxylic acids is 1. The minimum Gasteiger partial charge on any atom is -0.379 e. The van der Waals surface area contributed by atoms with Gasteiger partial charge in [0.05, 0.1) is 0 Å². The van der Waals surface area contributed by atoms with Gasteiger partial charge in [0, 0.05) is 29.9 Å². The van der Waals surface area contributed by atoms with Gasteiger partial charge in [-0.3, -0.25) is 4.79 Å². The highest BCUT2D eigenvalue weighted by atomic mass is 16.1. The van der Waals surface area contributed by atoms with Gasteiger partial charge in [-0.15, -0.1) is 0 Å². The van der Waals surface area contributed by atoms with Crippen molar-refractivity contribution in [3.63, 3.8) is 0 Å². The van der Waals surface area contributed by atoms with E-state index < -0.39 is 0 Å². The summed E-state index contributed by atoms with van der Waals surface area (Å²) >= 11 is 0. The van der Waals surface area contributed by atoms with Crippen LogP contribution in [0.3, 0.4) is 0 Å². The first-order valence-corrected chi connectivity index (χ1v) is 6.38. The van der Waals surface area contributed by atoms with E-state index >= 15 is 0 Å². The Hall–Kier alpha value is -1.77. The summed E-state index contributed by atoms with van der Waals surface area (Å²) in [7, 11) is 1.65. The molecule has 0 radical (unpaired) electrons. The Labute approximate surface area is 108 Å². The van der Waals surface area contributed by atoms with Crippen LogP contribution in [0.2, 0.25) is 0 Å². The van der Waals surface area contributed by atoms with Crippen molar-refractivity contribution in [2.24, 2.45) is 0 Å². The van der Waals surface area contributed by atoms with Gasteiger partial charge in [-0.2, -0.15) is 0 Å². The number of hydrogen-bond acceptors (Lipinski definition) is 2. The SMILES string of the molecule is CCC1(C)Cc2ccccc2/C(=C\C(=O)NC)N1. The van der Waals surface area contributed by atoms with Gasteiger partial charge < -0.3 is 10.6 Å². The quantitative estimate of drug-likeness (QED) is 0.782. The Morgan fingerprint density at radius 3 is 2.89 bits per heavy atom. The molecule has 1 aliphatic heterocycles. The number of benzene rings is 1. The van der Waals surface area contributed by atoms with Gasteiger partial charge in [-0.1, -0.05) is 31.2 Å². The predicted octanol–water partition coefficient (Wildman–Crippen LogP) is 2.09. The highest BCUT2D eigenvalue weighted by Gasteiger charge is 2.30. The molecule has 0 bridgehead atoms. The summed E-state index contributed by atoms with van der Waals surface area (Å²) in [6.07, 6.45) is 3.66. The fourth-order valence-electron chi connectivity index (χ4n) is 2.32. The second-order valence-electron chi connectivity index (χ2n) is 5.05. The lowest BCUT2D eigenvalue weighted by atomic mass is 9.83. The van der Waals surface area contributed by atoms with Gasteiger partial charge in [0.1, 0.15) is 0 Å². The highest BCUT2D eigenvalue weighted by molar-refractivity contribution is 5.95. The summed E-state index contributed by atoms with van der Waals surface area (Å²) in [5.41, 5.74) is 3.37. The molecule has 96 valence electrons. The number of amides is 1. The molecule has 3 nitrogen and oxygen atoms in total. The fraction of sp³-hybridized carbons (Fsp3) is 0.400. The Morgan fingerprint density at radius 1 is 1.50 bits per heavy atom. The zero-order chi connectivity index (χ0) is 13.2. The van der Waals surface area contributed by atoms with Crippen LogP contribution < -0.4 is 10.6 Å². The smallest absolute Gasteiger partial charge is 0.245 e. The van der Waals surface area contributed by atoms with E-state index in [4.69, 9.17) is 0 Å². The molecular formula is C15H20N2O. The summed E-state index contributed by atoms with van der Waals surface area (Å²) < 4.78 is 0. The van der Waals surface area contributed by atoms with Gasteiger partial charge in [0.2, 0.25) is 5.91 Å². The van der Waals surface area contributed by atoms with Crippen molar-refractivity contribution in [2.75, 3.05) is 7.05 Å². The van der Waals surface area contributed by atoms with E-state index in [2.05, 4.69) is 42.7 Å². The monoisotopic (exact) mass is 244 g/mol. The number of hydrogen-bond donors (Lipinski definition) is 2. The maximum Gasteiger partial charge on any atom is 0.245 e. The second-order valence-corrected chi connectivity index (χ2v) is 5.05. The Kier molecular flexibility index (Phi) is 3.41. The van der Waals surface area contributed by atoms with Gasteiger partial charge in [-0.25, -0.2) is 0 Å². The van der Waals surface area contributed by atoms with Crippen LogP contribution in [-0.4, -0.2) is 18.5 Å². The van der Waals surface area contributed by atoms with Crippen molar-refractivity contribution < 1.29 is 4.79 Å². The van der Waals surface area contributed by atoms with Crippen LogP contribution in [0.5, 0.6) is 0 Å². The molecule has 3 heteroatoms. The Bertz CT molecular complexity index is 493. The first-order chi connectivity index (χ1) is 8.58. The van der Waals surface area contributed by atoms with Crippen molar-refractivity contribution in [1.82, 2.24) is 10.6 Å². The van der Waals surface area contributed by atoms with Gasteiger partial charge in [-0.05, 0) is 25.3 Å². The molecule has 2 N–H and O–H groups in total. The topological polar surface area (TPSA) is 41.1 Å². The molecule has 1 aromatic carbocycles. The number of carbonyl (C=O) groups is 1. The molecule has 1 aliphatic rings. The van der Waals surface area contributed by atoms with Crippen molar-refractivity contribution in [1.29, 1.82) is 0 Å². The standard InChI is InChI=1S/C15H20N2O/c1-4-15(2)10-11-7-5-6-8-12(11)13(17-15)9-14(18)16-3/h5-9,17H,4,10H2,1-3H3,(H,16,18)/b13-9+. The molecule has 0 saturated carbocycles. The molecule has 0 aliphatic carbocycles. The predicted molar refractivity (Wildman–Crippen MR) is 74.0 cm³/mol. The molecule has 0 fully saturated rings. The molecule has 1 atom stereocenters. The van der Waals surface area contributed by atoms with Crippen molar-refractivity contribution in [3.8, 4) is 0 Å². The third kappa shape index (κ3) is 2.40. The minimum absolute atomic E-state index is 0.0220. The third-order valence-electron chi connectivity index (χ3n) is 3.63. The molecular weight excluding hydrogens is 224 g/mol. The van der Waals surface area contributed by atoms with E-state index in [9.17, 15) is 4.79 Å². The molecule has 18 heavy (non-hydrogen) atoms. The Morgan fingerprint density at radius 2 is 2.22 bits per heavy atom. The van der Waals surface area contributed by atoms with Crippen LogP contribution in [0.1, 0.15) is 31.4 Å². The molecule has 0 aromatic heterocycles. The second kappa shape index (κ2) is 4.84. The maximum atomic E-state index is 11.6. The van der Waals surface area contributed by atoms with Crippen molar-refractivity contribution in [2.45, 2.75) is 32.2 Å². The van der Waals surface area contributed by atoms with Crippen LogP contribution in [-0.2, 0) is 11.2 Å². The van der Waals surface area contributed by atoms with Crippen LogP contribution in [0.4, 0.5) is 0 Å². The van der Waals surface area contributed by atoms with Crippen molar-refractivity contribution >= 4 is 11.6 Å². The van der Waals surface area contributed by atoms with E-state index in [1.807, 2.05) is 6.07 Å². The summed E-state index contributed by atoms with van der Waals surface area (Å²) in [4.78, 5) is 11.6. The molecule has 2 rings (SSSR count). The van der Waals surface area contributed by atoms with Crippen LogP contribution in [0.25, 0.3) is 5.70 Å². The van der Waals surface area contributed by atoms with Crippen LogP contribution in [0, 0.1) is 0 Å². The average molecular weight is 244 g/mol. The van der Waals surface area contributed by atoms with E-state index in [1.54, 1.807) is 13.1 Å². The molecule has 0 saturated heterocycles. The highest BCUT2D eigenvalue weighted by Crippen LogP contribution is 2.31. The van der Waals surface area contributed by atoms with E-state index in [0.29, 0.717) is 0 Å². The number of fused-ring (bicyclic) bond motifs is 1. The first-order valence-electron chi connectivity index (χ1n) is 6.38. The summed E-state index contributed by atoms with van der Waals surface area (Å²) in [6, 6.07) is 8.26. The van der Waals surface area contributed by atoms with Gasteiger partial charge in [0.25, 0.3) is 0 Å². The largest absolute Gasteiger partial charge is 0.379 e. The minimum atomic E-state index is -0.0762. The third-order valence-corrected chi connectivity index (χ3v) is 3.63. The number of likely N-dealkylation sites (N-methyl/N-ethyl adjacent to an activating group) is 1. The van der Waals surface area contributed by atoms with Crippen molar-refractivity contribution in [3.05, 3.63) is 41.5 Å².